The maximum absolute atomic E-state index is 12.3. The lowest BCUT2D eigenvalue weighted by Crippen LogP contribution is -2.40. The van der Waals surface area contributed by atoms with Crippen LogP contribution < -0.4 is 16.0 Å². The van der Waals surface area contributed by atoms with Crippen molar-refractivity contribution in [2.45, 2.75) is 25.8 Å². The van der Waals surface area contributed by atoms with E-state index in [2.05, 4.69) is 22.9 Å². The molecule has 1 saturated heterocycles. The Balaban J connectivity index is 2.11. The van der Waals surface area contributed by atoms with Crippen LogP contribution in [0.1, 0.15) is 30.1 Å². The third-order valence-electron chi connectivity index (χ3n) is 3.71. The van der Waals surface area contributed by atoms with Gasteiger partial charge in [0, 0.05) is 24.6 Å². The average molecular weight is 310 g/mol. The van der Waals surface area contributed by atoms with Crippen LogP contribution in [-0.2, 0) is 4.79 Å². The number of nitrogens with one attached hydrogen (secondary N) is 3. The molecule has 21 heavy (non-hydrogen) atoms. The molecule has 0 bridgehead atoms. The second-order valence-corrected chi connectivity index (χ2v) is 5.75. The van der Waals surface area contributed by atoms with Gasteiger partial charge in [-0.05, 0) is 44.5 Å². The second-order valence-electron chi connectivity index (χ2n) is 5.34. The van der Waals surface area contributed by atoms with Crippen molar-refractivity contribution < 1.29 is 9.59 Å². The van der Waals surface area contributed by atoms with Crippen molar-refractivity contribution in [3.63, 3.8) is 0 Å². The third kappa shape index (κ3) is 3.95. The van der Waals surface area contributed by atoms with Crippen LogP contribution in [0.15, 0.2) is 18.2 Å². The normalized spacial score (nSPS) is 21.7. The largest absolute Gasteiger partial charge is 0.355 e. The Kier molecular flexibility index (Phi) is 5.20. The Bertz CT molecular complexity index is 548. The summed E-state index contributed by atoms with van der Waals surface area (Å²) in [7, 11) is 1.56. The van der Waals surface area contributed by atoms with Crippen molar-refractivity contribution in [1.82, 2.24) is 10.6 Å². The quantitative estimate of drug-likeness (QED) is 0.800. The SMILES string of the molecule is CNC(=O)c1ccc(Cl)c(NC(=O)C2CCNC(C)C2)c1. The van der Waals surface area contributed by atoms with Gasteiger partial charge >= 0.3 is 0 Å². The van der Waals surface area contributed by atoms with Crippen molar-refractivity contribution in [3.05, 3.63) is 28.8 Å². The Hall–Kier alpha value is -1.59. The summed E-state index contributed by atoms with van der Waals surface area (Å²) >= 11 is 6.10. The van der Waals surface area contributed by atoms with E-state index in [1.807, 2.05) is 0 Å². The number of anilines is 1. The Morgan fingerprint density at radius 2 is 2.14 bits per heavy atom. The summed E-state index contributed by atoms with van der Waals surface area (Å²) in [6.45, 7) is 2.91. The summed E-state index contributed by atoms with van der Waals surface area (Å²) < 4.78 is 0. The molecule has 2 amide bonds. The van der Waals surface area contributed by atoms with Crippen LogP contribution in [0, 0.1) is 5.92 Å². The van der Waals surface area contributed by atoms with Gasteiger partial charge in [-0.15, -0.1) is 0 Å². The van der Waals surface area contributed by atoms with Crippen LogP contribution in [0.25, 0.3) is 0 Å². The highest BCUT2D eigenvalue weighted by Crippen LogP contribution is 2.25. The summed E-state index contributed by atoms with van der Waals surface area (Å²) in [6.07, 6.45) is 1.61. The molecule has 1 aromatic carbocycles. The first kappa shape index (κ1) is 15.8. The average Bonchev–Trinajstić information content (AvgIpc) is 2.48. The van der Waals surface area contributed by atoms with E-state index in [1.54, 1.807) is 25.2 Å². The first-order chi connectivity index (χ1) is 10.0. The van der Waals surface area contributed by atoms with Gasteiger partial charge in [0.25, 0.3) is 5.91 Å². The highest BCUT2D eigenvalue weighted by atomic mass is 35.5. The molecule has 1 aromatic rings. The zero-order valence-electron chi connectivity index (χ0n) is 12.2. The molecule has 0 radical (unpaired) electrons. The monoisotopic (exact) mass is 309 g/mol. The lowest BCUT2D eigenvalue weighted by molar-refractivity contribution is -0.120. The van der Waals surface area contributed by atoms with E-state index in [4.69, 9.17) is 11.6 Å². The van der Waals surface area contributed by atoms with E-state index < -0.39 is 0 Å². The van der Waals surface area contributed by atoms with Gasteiger partial charge in [-0.1, -0.05) is 11.6 Å². The summed E-state index contributed by atoms with van der Waals surface area (Å²) in [6, 6.07) is 5.18. The number of amides is 2. The van der Waals surface area contributed by atoms with E-state index in [9.17, 15) is 9.59 Å². The van der Waals surface area contributed by atoms with E-state index in [0.29, 0.717) is 22.3 Å². The van der Waals surface area contributed by atoms with E-state index >= 15 is 0 Å². The number of piperidine rings is 1. The standard InChI is InChI=1S/C15H20ClN3O2/c1-9-7-11(5-6-18-9)15(21)19-13-8-10(14(20)17-2)3-4-12(13)16/h3-4,8-9,11,18H,5-7H2,1-2H3,(H,17,20)(H,19,21). The molecule has 6 heteroatoms. The summed E-state index contributed by atoms with van der Waals surface area (Å²) in [5, 5.41) is 9.13. The first-order valence-electron chi connectivity index (χ1n) is 7.07. The lowest BCUT2D eigenvalue weighted by Gasteiger charge is -2.27. The van der Waals surface area contributed by atoms with Gasteiger partial charge in [0.1, 0.15) is 0 Å². The number of hydrogen-bond acceptors (Lipinski definition) is 3. The molecular formula is C15H20ClN3O2. The lowest BCUT2D eigenvalue weighted by atomic mass is 9.92. The molecular weight excluding hydrogens is 290 g/mol. The predicted octanol–water partition coefficient (Wildman–Crippen LogP) is 2.03. The molecule has 5 nitrogen and oxygen atoms in total. The minimum Gasteiger partial charge on any atom is -0.355 e. The van der Waals surface area contributed by atoms with Crippen LogP contribution in [0.3, 0.4) is 0 Å². The predicted molar refractivity (Wildman–Crippen MR) is 83.7 cm³/mol. The molecule has 114 valence electrons. The van der Waals surface area contributed by atoms with Gasteiger partial charge in [-0.2, -0.15) is 0 Å². The van der Waals surface area contributed by atoms with Crippen molar-refractivity contribution in [3.8, 4) is 0 Å². The van der Waals surface area contributed by atoms with Gasteiger partial charge in [-0.25, -0.2) is 0 Å². The van der Waals surface area contributed by atoms with Gasteiger partial charge < -0.3 is 16.0 Å². The molecule has 1 heterocycles. The molecule has 1 aliphatic rings. The summed E-state index contributed by atoms with van der Waals surface area (Å²) in [5.41, 5.74) is 0.949. The van der Waals surface area contributed by atoms with Gasteiger partial charge in [0.15, 0.2) is 0 Å². The molecule has 0 aromatic heterocycles. The highest BCUT2D eigenvalue weighted by molar-refractivity contribution is 6.33. The second kappa shape index (κ2) is 6.91. The summed E-state index contributed by atoms with van der Waals surface area (Å²) in [4.78, 5) is 24.0. The maximum Gasteiger partial charge on any atom is 0.251 e. The molecule has 0 spiro atoms. The van der Waals surface area contributed by atoms with E-state index in [1.165, 1.54) is 0 Å². The van der Waals surface area contributed by atoms with Crippen molar-refractivity contribution in [2.75, 3.05) is 18.9 Å². The maximum atomic E-state index is 12.3. The molecule has 1 aliphatic heterocycles. The van der Waals surface area contributed by atoms with E-state index in [0.717, 1.165) is 19.4 Å². The minimum atomic E-state index is -0.211. The zero-order valence-corrected chi connectivity index (χ0v) is 13.0. The molecule has 3 N–H and O–H groups in total. The van der Waals surface area contributed by atoms with Gasteiger partial charge in [-0.3, -0.25) is 9.59 Å². The van der Waals surface area contributed by atoms with Crippen LogP contribution in [0.5, 0.6) is 0 Å². The number of hydrogen-bond donors (Lipinski definition) is 3. The van der Waals surface area contributed by atoms with Gasteiger partial charge in [0.05, 0.1) is 10.7 Å². The van der Waals surface area contributed by atoms with Crippen molar-refractivity contribution in [2.24, 2.45) is 5.92 Å². The van der Waals surface area contributed by atoms with Crippen molar-refractivity contribution >= 4 is 29.1 Å². The summed E-state index contributed by atoms with van der Waals surface area (Å²) in [5.74, 6) is -0.280. The fourth-order valence-electron chi connectivity index (χ4n) is 2.51. The fraction of sp³-hybridized carbons (Fsp3) is 0.467. The van der Waals surface area contributed by atoms with Crippen molar-refractivity contribution in [1.29, 1.82) is 0 Å². The van der Waals surface area contributed by atoms with Gasteiger partial charge in [0.2, 0.25) is 5.91 Å². The molecule has 2 rings (SSSR count). The van der Waals surface area contributed by atoms with Crippen LogP contribution in [0.2, 0.25) is 5.02 Å². The van der Waals surface area contributed by atoms with Crippen LogP contribution >= 0.6 is 11.6 Å². The first-order valence-corrected chi connectivity index (χ1v) is 7.45. The number of benzene rings is 1. The molecule has 1 fully saturated rings. The Morgan fingerprint density at radius 3 is 2.81 bits per heavy atom. The third-order valence-corrected chi connectivity index (χ3v) is 4.04. The zero-order chi connectivity index (χ0) is 15.4. The molecule has 2 unspecified atom stereocenters. The molecule has 0 saturated carbocycles. The molecule has 0 aliphatic carbocycles. The van der Waals surface area contributed by atoms with Crippen LogP contribution in [0.4, 0.5) is 5.69 Å². The number of halogens is 1. The minimum absolute atomic E-state index is 0.0269. The van der Waals surface area contributed by atoms with Crippen LogP contribution in [-0.4, -0.2) is 31.4 Å². The number of carbonyl (C=O) groups is 2. The number of rotatable bonds is 3. The fourth-order valence-corrected chi connectivity index (χ4v) is 2.68. The Labute approximate surface area is 129 Å². The smallest absolute Gasteiger partial charge is 0.251 e. The Morgan fingerprint density at radius 1 is 1.38 bits per heavy atom. The molecule has 2 atom stereocenters. The number of carbonyl (C=O) groups excluding carboxylic acids is 2. The topological polar surface area (TPSA) is 70.2 Å². The highest BCUT2D eigenvalue weighted by Gasteiger charge is 2.25. The van der Waals surface area contributed by atoms with E-state index in [-0.39, 0.29) is 17.7 Å².